The van der Waals surface area contributed by atoms with Gasteiger partial charge < -0.3 is 15.2 Å². The van der Waals surface area contributed by atoms with E-state index in [1.165, 1.54) is 12.7 Å². The molecule has 0 radical (unpaired) electrons. The Morgan fingerprint density at radius 1 is 1.04 bits per heavy atom. The van der Waals surface area contributed by atoms with Crippen LogP contribution in [-0.4, -0.2) is 39.8 Å². The molecule has 1 aromatic heterocycles. The van der Waals surface area contributed by atoms with Gasteiger partial charge in [0.25, 0.3) is 11.8 Å². The van der Waals surface area contributed by atoms with Crippen LogP contribution in [0.2, 0.25) is 0 Å². The van der Waals surface area contributed by atoms with Crippen LogP contribution < -0.4 is 5.32 Å². The molecule has 1 aliphatic rings. The Bertz CT molecular complexity index is 703. The predicted molar refractivity (Wildman–Crippen MR) is 95.2 cm³/mol. The molecule has 1 saturated heterocycles. The Morgan fingerprint density at radius 2 is 1.72 bits per heavy atom. The number of benzene rings is 1. The molecule has 25 heavy (non-hydrogen) atoms. The maximum atomic E-state index is 12.8. The average Bonchev–Trinajstić information content (AvgIpc) is 3.09. The second-order valence-electron chi connectivity index (χ2n) is 6.35. The minimum absolute atomic E-state index is 0.135. The number of likely N-dealkylation sites (tertiary alicyclic amines) is 1. The van der Waals surface area contributed by atoms with Crippen molar-refractivity contribution in [1.82, 2.24) is 20.2 Å². The van der Waals surface area contributed by atoms with Crippen molar-refractivity contribution < 1.29 is 9.59 Å². The topological polar surface area (TPSA) is 78.1 Å². The number of aromatic amines is 1. The van der Waals surface area contributed by atoms with E-state index < -0.39 is 0 Å². The van der Waals surface area contributed by atoms with E-state index in [0.29, 0.717) is 6.54 Å². The third-order valence-corrected chi connectivity index (χ3v) is 4.51. The summed E-state index contributed by atoms with van der Waals surface area (Å²) in [4.78, 5) is 34.0. The van der Waals surface area contributed by atoms with Crippen molar-refractivity contribution >= 4 is 11.8 Å². The zero-order valence-corrected chi connectivity index (χ0v) is 14.3. The van der Waals surface area contributed by atoms with Crippen molar-refractivity contribution in [3.63, 3.8) is 0 Å². The van der Waals surface area contributed by atoms with Crippen molar-refractivity contribution in [2.45, 2.75) is 38.6 Å². The lowest BCUT2D eigenvalue weighted by Gasteiger charge is -2.24. The SMILES string of the molecule is O=C(NCc1ccccc1)c1nc[nH]c1C(=O)N1CCCCCCC1. The van der Waals surface area contributed by atoms with Gasteiger partial charge >= 0.3 is 0 Å². The summed E-state index contributed by atoms with van der Waals surface area (Å²) in [7, 11) is 0. The molecule has 2 amide bonds. The number of hydrogen-bond acceptors (Lipinski definition) is 3. The highest BCUT2D eigenvalue weighted by Crippen LogP contribution is 2.14. The fourth-order valence-corrected chi connectivity index (χ4v) is 3.10. The van der Waals surface area contributed by atoms with Crippen molar-refractivity contribution in [3.8, 4) is 0 Å². The van der Waals surface area contributed by atoms with E-state index in [9.17, 15) is 9.59 Å². The van der Waals surface area contributed by atoms with Gasteiger partial charge in [0.05, 0.1) is 6.33 Å². The molecule has 0 atom stereocenters. The summed E-state index contributed by atoms with van der Waals surface area (Å²) in [5, 5.41) is 2.83. The van der Waals surface area contributed by atoms with Gasteiger partial charge in [0.2, 0.25) is 0 Å². The third kappa shape index (κ3) is 4.47. The Morgan fingerprint density at radius 3 is 2.44 bits per heavy atom. The van der Waals surface area contributed by atoms with Crippen LogP contribution in [0.1, 0.15) is 58.6 Å². The lowest BCUT2D eigenvalue weighted by Crippen LogP contribution is -2.35. The number of carbonyl (C=O) groups excluding carboxylic acids is 2. The molecule has 0 aliphatic carbocycles. The second kappa shape index (κ2) is 8.46. The number of amides is 2. The van der Waals surface area contributed by atoms with Gasteiger partial charge in [-0.3, -0.25) is 9.59 Å². The Kier molecular flexibility index (Phi) is 5.82. The van der Waals surface area contributed by atoms with E-state index in [1.807, 2.05) is 35.2 Å². The molecule has 2 aromatic rings. The van der Waals surface area contributed by atoms with Crippen LogP contribution in [0.3, 0.4) is 0 Å². The first-order valence-corrected chi connectivity index (χ1v) is 8.90. The maximum Gasteiger partial charge on any atom is 0.272 e. The van der Waals surface area contributed by atoms with Crippen LogP contribution in [0.4, 0.5) is 0 Å². The molecular formula is C19H24N4O2. The van der Waals surface area contributed by atoms with E-state index in [0.717, 1.165) is 44.3 Å². The van der Waals surface area contributed by atoms with Gasteiger partial charge in [-0.25, -0.2) is 4.98 Å². The number of nitrogens with one attached hydrogen (secondary N) is 2. The molecule has 2 N–H and O–H groups in total. The zero-order chi connectivity index (χ0) is 17.5. The molecule has 0 bridgehead atoms. The molecule has 0 saturated carbocycles. The highest BCUT2D eigenvalue weighted by Gasteiger charge is 2.24. The van der Waals surface area contributed by atoms with Crippen molar-refractivity contribution in [1.29, 1.82) is 0 Å². The summed E-state index contributed by atoms with van der Waals surface area (Å²) in [5.74, 6) is -0.468. The molecule has 3 rings (SSSR count). The van der Waals surface area contributed by atoms with Gasteiger partial charge in [-0.2, -0.15) is 0 Å². The average molecular weight is 340 g/mol. The van der Waals surface area contributed by atoms with E-state index in [1.54, 1.807) is 0 Å². The van der Waals surface area contributed by atoms with E-state index in [-0.39, 0.29) is 23.2 Å². The first-order valence-electron chi connectivity index (χ1n) is 8.90. The molecule has 1 fully saturated rings. The second-order valence-corrected chi connectivity index (χ2v) is 6.35. The van der Waals surface area contributed by atoms with Crippen LogP contribution in [0.5, 0.6) is 0 Å². The number of aromatic nitrogens is 2. The van der Waals surface area contributed by atoms with Crippen LogP contribution in [0, 0.1) is 0 Å². The molecular weight excluding hydrogens is 316 g/mol. The summed E-state index contributed by atoms with van der Waals surface area (Å²) >= 11 is 0. The highest BCUT2D eigenvalue weighted by molar-refractivity contribution is 6.04. The first-order chi connectivity index (χ1) is 12.3. The predicted octanol–water partition coefficient (Wildman–Crippen LogP) is 2.75. The van der Waals surface area contributed by atoms with Crippen molar-refractivity contribution in [2.24, 2.45) is 0 Å². The monoisotopic (exact) mass is 340 g/mol. The summed E-state index contributed by atoms with van der Waals surface area (Å²) in [6.07, 6.45) is 6.97. The third-order valence-electron chi connectivity index (χ3n) is 4.51. The Hall–Kier alpha value is -2.63. The molecule has 6 heteroatoms. The minimum atomic E-state index is -0.333. The van der Waals surface area contributed by atoms with Gasteiger partial charge in [-0.1, -0.05) is 49.6 Å². The highest BCUT2D eigenvalue weighted by atomic mass is 16.2. The van der Waals surface area contributed by atoms with Gasteiger partial charge in [-0.05, 0) is 18.4 Å². The number of rotatable bonds is 4. The Labute approximate surface area is 147 Å². The van der Waals surface area contributed by atoms with Crippen LogP contribution in [0.25, 0.3) is 0 Å². The maximum absolute atomic E-state index is 12.8. The minimum Gasteiger partial charge on any atom is -0.347 e. The van der Waals surface area contributed by atoms with Crippen molar-refractivity contribution in [3.05, 3.63) is 53.6 Å². The van der Waals surface area contributed by atoms with Crippen molar-refractivity contribution in [2.75, 3.05) is 13.1 Å². The standard InChI is InChI=1S/C19H24N4O2/c24-18(20-13-15-9-5-4-6-10-15)16-17(22-14-21-16)19(25)23-11-7-2-1-3-8-12-23/h4-6,9-10,14H,1-3,7-8,11-13H2,(H,20,24)(H,21,22). The zero-order valence-electron chi connectivity index (χ0n) is 14.3. The van der Waals surface area contributed by atoms with E-state index in [4.69, 9.17) is 0 Å². The van der Waals surface area contributed by atoms with Gasteiger partial charge in [0.15, 0.2) is 5.69 Å². The lowest BCUT2D eigenvalue weighted by atomic mass is 10.1. The molecule has 0 spiro atoms. The molecule has 2 heterocycles. The van der Waals surface area contributed by atoms with Gasteiger partial charge in [-0.15, -0.1) is 0 Å². The van der Waals surface area contributed by atoms with Crippen LogP contribution >= 0.6 is 0 Å². The van der Waals surface area contributed by atoms with Gasteiger partial charge in [0, 0.05) is 19.6 Å². The summed E-state index contributed by atoms with van der Waals surface area (Å²) in [5.41, 5.74) is 1.46. The largest absolute Gasteiger partial charge is 0.347 e. The van der Waals surface area contributed by atoms with E-state index in [2.05, 4.69) is 15.3 Å². The first kappa shape index (κ1) is 17.2. The molecule has 6 nitrogen and oxygen atoms in total. The normalized spacial score (nSPS) is 15.3. The van der Waals surface area contributed by atoms with Crippen LogP contribution in [0.15, 0.2) is 36.7 Å². The lowest BCUT2D eigenvalue weighted by molar-refractivity contribution is 0.0730. The number of imidazole rings is 1. The quantitative estimate of drug-likeness (QED) is 0.898. The summed E-state index contributed by atoms with van der Waals surface area (Å²) < 4.78 is 0. The number of hydrogen-bond donors (Lipinski definition) is 2. The number of carbonyl (C=O) groups is 2. The fraction of sp³-hybridized carbons (Fsp3) is 0.421. The fourth-order valence-electron chi connectivity index (χ4n) is 3.10. The summed E-state index contributed by atoms with van der Waals surface area (Å²) in [6, 6.07) is 9.66. The Balaban J connectivity index is 1.66. The molecule has 132 valence electrons. The molecule has 0 unspecified atom stereocenters. The van der Waals surface area contributed by atoms with Gasteiger partial charge in [0.1, 0.15) is 5.69 Å². The smallest absolute Gasteiger partial charge is 0.272 e. The molecule has 1 aromatic carbocycles. The molecule has 1 aliphatic heterocycles. The number of nitrogens with zero attached hydrogens (tertiary/aromatic N) is 2. The number of H-pyrrole nitrogens is 1. The summed E-state index contributed by atoms with van der Waals surface area (Å²) in [6.45, 7) is 1.88. The van der Waals surface area contributed by atoms with Crippen LogP contribution in [-0.2, 0) is 6.54 Å². The van der Waals surface area contributed by atoms with E-state index >= 15 is 0 Å².